The number of nitrogens with one attached hydrogen (secondary N) is 1. The number of hydrogen-bond donors (Lipinski definition) is 1. The number of anilines is 1. The monoisotopic (exact) mass is 354 g/mol. The van der Waals surface area contributed by atoms with E-state index in [1.165, 1.54) is 19.3 Å². The van der Waals surface area contributed by atoms with Gasteiger partial charge in [-0.3, -0.25) is 4.79 Å². The smallest absolute Gasteiger partial charge is 0.251 e. The maximum Gasteiger partial charge on any atom is 0.251 e. The quantitative estimate of drug-likeness (QED) is 0.909. The van der Waals surface area contributed by atoms with Crippen molar-refractivity contribution in [3.63, 3.8) is 0 Å². The molecule has 1 N–H and O–H groups in total. The van der Waals surface area contributed by atoms with Gasteiger partial charge in [0.25, 0.3) is 5.91 Å². The van der Waals surface area contributed by atoms with Crippen LogP contribution >= 0.6 is 0 Å². The van der Waals surface area contributed by atoms with E-state index >= 15 is 0 Å². The summed E-state index contributed by atoms with van der Waals surface area (Å²) in [7, 11) is 0. The average Bonchev–Trinajstić information content (AvgIpc) is 3.14. The predicted molar refractivity (Wildman–Crippen MR) is 96.6 cm³/mol. The SMILES string of the molecule is Cc1cc(CNC(=O)c2ccc3c(c2)OCO3)nc(N2CCCCC2)n1. The third-order valence-electron chi connectivity index (χ3n) is 4.60. The highest BCUT2D eigenvalue weighted by Gasteiger charge is 2.17. The average molecular weight is 354 g/mol. The minimum Gasteiger partial charge on any atom is -0.454 e. The van der Waals surface area contributed by atoms with E-state index in [9.17, 15) is 4.79 Å². The van der Waals surface area contributed by atoms with Gasteiger partial charge in [0.2, 0.25) is 12.7 Å². The second kappa shape index (κ2) is 7.19. The Hall–Kier alpha value is -2.83. The maximum absolute atomic E-state index is 12.4. The van der Waals surface area contributed by atoms with Crippen molar-refractivity contribution in [2.45, 2.75) is 32.7 Å². The Morgan fingerprint density at radius 3 is 2.77 bits per heavy atom. The number of amides is 1. The van der Waals surface area contributed by atoms with Crippen molar-refractivity contribution in [2.75, 3.05) is 24.8 Å². The first-order chi connectivity index (χ1) is 12.7. The molecule has 0 unspecified atom stereocenters. The first kappa shape index (κ1) is 16.6. The topological polar surface area (TPSA) is 76.6 Å². The number of fused-ring (bicyclic) bond motifs is 1. The molecule has 1 amide bonds. The van der Waals surface area contributed by atoms with Crippen LogP contribution in [0.15, 0.2) is 24.3 Å². The Kier molecular flexibility index (Phi) is 4.60. The van der Waals surface area contributed by atoms with Gasteiger partial charge in [-0.15, -0.1) is 0 Å². The summed E-state index contributed by atoms with van der Waals surface area (Å²) >= 11 is 0. The Bertz CT molecular complexity index is 818. The van der Waals surface area contributed by atoms with Crippen LogP contribution in [0, 0.1) is 6.92 Å². The number of carbonyl (C=O) groups excluding carboxylic acids is 1. The van der Waals surface area contributed by atoms with E-state index in [4.69, 9.17) is 9.47 Å². The van der Waals surface area contributed by atoms with E-state index in [2.05, 4.69) is 20.2 Å². The fourth-order valence-electron chi connectivity index (χ4n) is 3.25. The fraction of sp³-hybridized carbons (Fsp3) is 0.421. The standard InChI is InChI=1S/C19H22N4O3/c1-13-9-15(22-19(21-13)23-7-3-2-4-8-23)11-20-18(24)14-5-6-16-17(10-14)26-12-25-16/h5-6,9-10H,2-4,7-8,11-12H2,1H3,(H,20,24). The lowest BCUT2D eigenvalue weighted by Gasteiger charge is -2.27. The molecule has 0 radical (unpaired) electrons. The van der Waals surface area contributed by atoms with Crippen LogP contribution in [0.1, 0.15) is 41.0 Å². The summed E-state index contributed by atoms with van der Waals surface area (Å²) in [5.41, 5.74) is 2.26. The number of aryl methyl sites for hydroxylation is 1. The van der Waals surface area contributed by atoms with E-state index in [0.29, 0.717) is 23.6 Å². The highest BCUT2D eigenvalue weighted by Crippen LogP contribution is 2.32. The molecule has 3 heterocycles. The Morgan fingerprint density at radius 1 is 1.12 bits per heavy atom. The predicted octanol–water partition coefficient (Wildman–Crippen LogP) is 2.43. The summed E-state index contributed by atoms with van der Waals surface area (Å²) in [6.07, 6.45) is 3.61. The molecule has 136 valence electrons. The highest BCUT2D eigenvalue weighted by atomic mass is 16.7. The number of ether oxygens (including phenoxy) is 2. The first-order valence-corrected chi connectivity index (χ1v) is 8.96. The van der Waals surface area contributed by atoms with E-state index in [1.807, 2.05) is 13.0 Å². The molecule has 7 nitrogen and oxygen atoms in total. The molecule has 0 spiro atoms. The number of carbonyl (C=O) groups is 1. The van der Waals surface area contributed by atoms with Gasteiger partial charge in [0.1, 0.15) is 0 Å². The van der Waals surface area contributed by atoms with Gasteiger partial charge in [-0.05, 0) is 50.5 Å². The summed E-state index contributed by atoms with van der Waals surface area (Å²) in [6, 6.07) is 7.09. The van der Waals surface area contributed by atoms with Crippen molar-refractivity contribution >= 4 is 11.9 Å². The van der Waals surface area contributed by atoms with Gasteiger partial charge in [-0.25, -0.2) is 9.97 Å². The van der Waals surface area contributed by atoms with Crippen LogP contribution in [0.3, 0.4) is 0 Å². The summed E-state index contributed by atoms with van der Waals surface area (Å²) in [4.78, 5) is 23.8. The Balaban J connectivity index is 1.44. The van der Waals surface area contributed by atoms with Crippen LogP contribution in [0.5, 0.6) is 11.5 Å². The van der Waals surface area contributed by atoms with Crippen molar-refractivity contribution in [2.24, 2.45) is 0 Å². The van der Waals surface area contributed by atoms with Gasteiger partial charge in [0, 0.05) is 24.3 Å². The largest absolute Gasteiger partial charge is 0.454 e. The van der Waals surface area contributed by atoms with Gasteiger partial charge < -0.3 is 19.7 Å². The molecule has 2 aliphatic heterocycles. The molecule has 2 aliphatic rings. The van der Waals surface area contributed by atoms with Crippen molar-refractivity contribution in [1.82, 2.24) is 15.3 Å². The summed E-state index contributed by atoms with van der Waals surface area (Å²) in [6.45, 7) is 4.49. The molecule has 0 bridgehead atoms. The summed E-state index contributed by atoms with van der Waals surface area (Å²) in [5, 5.41) is 2.92. The molecule has 1 fully saturated rings. The third-order valence-corrected chi connectivity index (χ3v) is 4.60. The van der Waals surface area contributed by atoms with Gasteiger partial charge in [-0.1, -0.05) is 0 Å². The van der Waals surface area contributed by atoms with Gasteiger partial charge in [0.05, 0.1) is 12.2 Å². The molecule has 7 heteroatoms. The zero-order chi connectivity index (χ0) is 17.9. The van der Waals surface area contributed by atoms with Crippen LogP contribution in [0.4, 0.5) is 5.95 Å². The lowest BCUT2D eigenvalue weighted by atomic mass is 10.1. The fourth-order valence-corrected chi connectivity index (χ4v) is 3.25. The highest BCUT2D eigenvalue weighted by molar-refractivity contribution is 5.94. The summed E-state index contributed by atoms with van der Waals surface area (Å²) < 4.78 is 10.6. The number of aromatic nitrogens is 2. The number of piperidine rings is 1. The van der Waals surface area contributed by atoms with Crippen LogP contribution < -0.4 is 19.7 Å². The van der Waals surface area contributed by atoms with E-state index in [1.54, 1.807) is 18.2 Å². The minimum atomic E-state index is -0.168. The maximum atomic E-state index is 12.4. The molecule has 1 saturated heterocycles. The minimum absolute atomic E-state index is 0.168. The number of rotatable bonds is 4. The normalized spacial score (nSPS) is 15.8. The van der Waals surface area contributed by atoms with E-state index < -0.39 is 0 Å². The van der Waals surface area contributed by atoms with Crippen molar-refractivity contribution < 1.29 is 14.3 Å². The lowest BCUT2D eigenvalue weighted by Crippen LogP contribution is -2.31. The van der Waals surface area contributed by atoms with Crippen LogP contribution in [0.2, 0.25) is 0 Å². The molecule has 0 atom stereocenters. The molecule has 1 aromatic carbocycles. The molecule has 26 heavy (non-hydrogen) atoms. The van der Waals surface area contributed by atoms with E-state index in [0.717, 1.165) is 30.4 Å². The molecule has 0 saturated carbocycles. The number of nitrogens with zero attached hydrogens (tertiary/aromatic N) is 3. The third kappa shape index (κ3) is 3.56. The second-order valence-electron chi connectivity index (χ2n) is 6.60. The summed E-state index contributed by atoms with van der Waals surface area (Å²) in [5.74, 6) is 1.86. The molecule has 1 aromatic heterocycles. The number of hydrogen-bond acceptors (Lipinski definition) is 6. The Morgan fingerprint density at radius 2 is 1.92 bits per heavy atom. The van der Waals surface area contributed by atoms with Gasteiger partial charge >= 0.3 is 0 Å². The molecular formula is C19H22N4O3. The zero-order valence-electron chi connectivity index (χ0n) is 14.8. The zero-order valence-corrected chi connectivity index (χ0v) is 14.8. The van der Waals surface area contributed by atoms with Crippen LogP contribution in [-0.4, -0.2) is 35.8 Å². The number of benzene rings is 1. The first-order valence-electron chi connectivity index (χ1n) is 8.96. The molecular weight excluding hydrogens is 332 g/mol. The van der Waals surface area contributed by atoms with Gasteiger partial charge in [-0.2, -0.15) is 0 Å². The van der Waals surface area contributed by atoms with Crippen LogP contribution in [0.25, 0.3) is 0 Å². The Labute approximate surface area is 152 Å². The van der Waals surface area contributed by atoms with Crippen molar-refractivity contribution in [3.05, 3.63) is 41.2 Å². The van der Waals surface area contributed by atoms with Crippen molar-refractivity contribution in [1.29, 1.82) is 0 Å². The molecule has 0 aliphatic carbocycles. The second-order valence-corrected chi connectivity index (χ2v) is 6.60. The van der Waals surface area contributed by atoms with Crippen molar-refractivity contribution in [3.8, 4) is 11.5 Å². The van der Waals surface area contributed by atoms with E-state index in [-0.39, 0.29) is 12.7 Å². The molecule has 4 rings (SSSR count). The van der Waals surface area contributed by atoms with Crippen LogP contribution in [-0.2, 0) is 6.54 Å². The lowest BCUT2D eigenvalue weighted by molar-refractivity contribution is 0.0950. The van der Waals surface area contributed by atoms with Gasteiger partial charge in [0.15, 0.2) is 11.5 Å². The molecule has 2 aromatic rings.